The summed E-state index contributed by atoms with van der Waals surface area (Å²) in [4.78, 5) is 2.21. The number of hydrogen-bond acceptors (Lipinski definition) is 3. The summed E-state index contributed by atoms with van der Waals surface area (Å²) in [6.07, 6.45) is 3.90. The normalized spacial score (nSPS) is 32.8. The Morgan fingerprint density at radius 2 is 2.21 bits per heavy atom. The Kier molecular flexibility index (Phi) is 4.35. The monoisotopic (exact) mass is 199 g/mol. The van der Waals surface area contributed by atoms with E-state index in [2.05, 4.69) is 31.2 Å². The van der Waals surface area contributed by atoms with Gasteiger partial charge in [0.15, 0.2) is 0 Å². The summed E-state index contributed by atoms with van der Waals surface area (Å²) in [5, 5.41) is 3.66. The minimum atomic E-state index is 0.232. The molecule has 0 radical (unpaired) electrons. The first kappa shape index (κ1) is 12.0. The summed E-state index contributed by atoms with van der Waals surface area (Å²) in [6.45, 7) is 5.24. The highest BCUT2D eigenvalue weighted by Crippen LogP contribution is 2.34. The van der Waals surface area contributed by atoms with Crippen LogP contribution in [0.4, 0.5) is 0 Å². The third kappa shape index (κ3) is 2.69. The van der Waals surface area contributed by atoms with Crippen LogP contribution in [0.5, 0.6) is 0 Å². The first-order valence-corrected chi connectivity index (χ1v) is 5.70. The molecular formula is C11H25N3. The van der Waals surface area contributed by atoms with Crippen LogP contribution in [0, 0.1) is 5.92 Å². The number of rotatable bonds is 5. The second-order valence-corrected chi connectivity index (χ2v) is 4.88. The van der Waals surface area contributed by atoms with Crippen LogP contribution in [0.2, 0.25) is 0 Å². The molecule has 0 aromatic carbocycles. The van der Waals surface area contributed by atoms with E-state index >= 15 is 0 Å². The smallest absolute Gasteiger partial charge is 0.0330 e. The molecule has 0 heterocycles. The minimum Gasteiger partial charge on any atom is -0.329 e. The third-order valence-electron chi connectivity index (χ3n) is 3.60. The molecule has 2 unspecified atom stereocenters. The molecule has 3 nitrogen and oxygen atoms in total. The van der Waals surface area contributed by atoms with Gasteiger partial charge < -0.3 is 16.0 Å². The number of nitrogens with one attached hydrogen (secondary N) is 1. The van der Waals surface area contributed by atoms with Gasteiger partial charge in [-0.15, -0.1) is 0 Å². The number of nitrogens with two attached hydrogens (primary N) is 1. The van der Waals surface area contributed by atoms with E-state index in [1.165, 1.54) is 19.3 Å². The Bertz CT molecular complexity index is 170. The maximum atomic E-state index is 5.90. The summed E-state index contributed by atoms with van der Waals surface area (Å²) in [5.41, 5.74) is 6.13. The van der Waals surface area contributed by atoms with E-state index in [0.717, 1.165) is 25.6 Å². The number of nitrogens with zero attached hydrogens (tertiary/aromatic N) is 1. The number of hydrogen-bond donors (Lipinski definition) is 2. The molecule has 3 heteroatoms. The van der Waals surface area contributed by atoms with Crippen molar-refractivity contribution in [1.82, 2.24) is 10.2 Å². The van der Waals surface area contributed by atoms with E-state index < -0.39 is 0 Å². The Morgan fingerprint density at radius 3 is 2.64 bits per heavy atom. The molecule has 1 aliphatic carbocycles. The summed E-state index contributed by atoms with van der Waals surface area (Å²) < 4.78 is 0. The van der Waals surface area contributed by atoms with Gasteiger partial charge in [0.1, 0.15) is 0 Å². The van der Waals surface area contributed by atoms with Crippen molar-refractivity contribution < 1.29 is 0 Å². The van der Waals surface area contributed by atoms with E-state index in [9.17, 15) is 0 Å². The number of likely N-dealkylation sites (N-methyl/N-ethyl adjacent to an activating group) is 1. The average molecular weight is 199 g/mol. The van der Waals surface area contributed by atoms with Crippen molar-refractivity contribution >= 4 is 0 Å². The molecule has 0 amide bonds. The van der Waals surface area contributed by atoms with Crippen LogP contribution in [0.25, 0.3) is 0 Å². The van der Waals surface area contributed by atoms with E-state index in [-0.39, 0.29) is 5.54 Å². The molecule has 1 fully saturated rings. The van der Waals surface area contributed by atoms with Crippen molar-refractivity contribution in [3.8, 4) is 0 Å². The van der Waals surface area contributed by atoms with Crippen molar-refractivity contribution in [1.29, 1.82) is 0 Å². The van der Waals surface area contributed by atoms with Crippen LogP contribution in [-0.2, 0) is 0 Å². The van der Waals surface area contributed by atoms with Crippen molar-refractivity contribution in [2.24, 2.45) is 11.7 Å². The minimum absolute atomic E-state index is 0.232. The standard InChI is InChI=1S/C11H25N3/c1-10-5-4-6-11(10,9-12)13-7-8-14(2)3/h10,13H,4-9,12H2,1-3H3. The van der Waals surface area contributed by atoms with Gasteiger partial charge >= 0.3 is 0 Å². The molecule has 1 aliphatic rings. The molecule has 3 N–H and O–H groups in total. The largest absolute Gasteiger partial charge is 0.329 e. The molecule has 0 bridgehead atoms. The Hall–Kier alpha value is -0.120. The molecule has 0 saturated heterocycles. The highest BCUT2D eigenvalue weighted by molar-refractivity contribution is 4.98. The van der Waals surface area contributed by atoms with Crippen molar-refractivity contribution in [2.75, 3.05) is 33.7 Å². The lowest BCUT2D eigenvalue weighted by Crippen LogP contribution is -2.54. The van der Waals surface area contributed by atoms with Crippen molar-refractivity contribution in [3.05, 3.63) is 0 Å². The van der Waals surface area contributed by atoms with E-state index in [1.807, 2.05) is 0 Å². The maximum Gasteiger partial charge on any atom is 0.0330 e. The van der Waals surface area contributed by atoms with Gasteiger partial charge in [-0.2, -0.15) is 0 Å². The SMILES string of the molecule is CC1CCCC1(CN)NCCN(C)C. The topological polar surface area (TPSA) is 41.3 Å². The van der Waals surface area contributed by atoms with E-state index in [0.29, 0.717) is 0 Å². The van der Waals surface area contributed by atoms with Crippen LogP contribution >= 0.6 is 0 Å². The fourth-order valence-corrected chi connectivity index (χ4v) is 2.41. The highest BCUT2D eigenvalue weighted by Gasteiger charge is 2.38. The molecule has 1 rings (SSSR count). The third-order valence-corrected chi connectivity index (χ3v) is 3.60. The van der Waals surface area contributed by atoms with Crippen molar-refractivity contribution in [2.45, 2.75) is 31.7 Å². The van der Waals surface area contributed by atoms with Gasteiger partial charge in [0.05, 0.1) is 0 Å². The van der Waals surface area contributed by atoms with Gasteiger partial charge in [0.25, 0.3) is 0 Å². The molecule has 0 aliphatic heterocycles. The van der Waals surface area contributed by atoms with E-state index in [1.54, 1.807) is 0 Å². The predicted octanol–water partition coefficient (Wildman–Crippen LogP) is 0.655. The zero-order chi connectivity index (χ0) is 10.6. The summed E-state index contributed by atoms with van der Waals surface area (Å²) >= 11 is 0. The lowest BCUT2D eigenvalue weighted by atomic mass is 9.88. The zero-order valence-corrected chi connectivity index (χ0v) is 9.84. The first-order chi connectivity index (χ1) is 6.60. The second kappa shape index (κ2) is 5.10. The van der Waals surface area contributed by atoms with Crippen molar-refractivity contribution in [3.63, 3.8) is 0 Å². The van der Waals surface area contributed by atoms with Gasteiger partial charge in [-0.25, -0.2) is 0 Å². The Labute approximate surface area is 88.0 Å². The Balaban J connectivity index is 2.37. The lowest BCUT2D eigenvalue weighted by Gasteiger charge is -2.34. The van der Waals surface area contributed by atoms with Gasteiger partial charge in [-0.3, -0.25) is 0 Å². The highest BCUT2D eigenvalue weighted by atomic mass is 15.1. The van der Waals surface area contributed by atoms with Crippen LogP contribution in [0.1, 0.15) is 26.2 Å². The lowest BCUT2D eigenvalue weighted by molar-refractivity contribution is 0.254. The Morgan fingerprint density at radius 1 is 1.50 bits per heavy atom. The molecule has 1 saturated carbocycles. The molecular weight excluding hydrogens is 174 g/mol. The quantitative estimate of drug-likeness (QED) is 0.683. The fourth-order valence-electron chi connectivity index (χ4n) is 2.41. The second-order valence-electron chi connectivity index (χ2n) is 4.88. The van der Waals surface area contributed by atoms with Crippen LogP contribution in [0.3, 0.4) is 0 Å². The fraction of sp³-hybridized carbons (Fsp3) is 1.00. The van der Waals surface area contributed by atoms with E-state index in [4.69, 9.17) is 5.73 Å². The molecule has 14 heavy (non-hydrogen) atoms. The maximum absolute atomic E-state index is 5.90. The predicted molar refractivity (Wildman–Crippen MR) is 61.4 cm³/mol. The zero-order valence-electron chi connectivity index (χ0n) is 9.84. The summed E-state index contributed by atoms with van der Waals surface area (Å²) in [7, 11) is 4.21. The molecule has 0 aromatic rings. The van der Waals surface area contributed by atoms with Gasteiger partial charge in [-0.1, -0.05) is 13.3 Å². The summed E-state index contributed by atoms with van der Waals surface area (Å²) in [6, 6.07) is 0. The van der Waals surface area contributed by atoms with Crippen LogP contribution < -0.4 is 11.1 Å². The molecule has 2 atom stereocenters. The van der Waals surface area contributed by atoms with Gasteiger partial charge in [-0.05, 0) is 32.9 Å². The van der Waals surface area contributed by atoms with Crippen LogP contribution in [0.15, 0.2) is 0 Å². The molecule has 0 aromatic heterocycles. The first-order valence-electron chi connectivity index (χ1n) is 5.70. The van der Waals surface area contributed by atoms with Crippen LogP contribution in [-0.4, -0.2) is 44.2 Å². The average Bonchev–Trinajstić information content (AvgIpc) is 2.48. The van der Waals surface area contributed by atoms with Gasteiger partial charge in [0, 0.05) is 25.2 Å². The molecule has 84 valence electrons. The van der Waals surface area contributed by atoms with Gasteiger partial charge in [0.2, 0.25) is 0 Å². The molecule has 0 spiro atoms. The summed E-state index contributed by atoms with van der Waals surface area (Å²) in [5.74, 6) is 0.731.